The lowest BCUT2D eigenvalue weighted by atomic mass is 9.96. The molecule has 4 nitrogen and oxygen atoms in total. The molecule has 0 spiro atoms. The highest BCUT2D eigenvalue weighted by Crippen LogP contribution is 2.32. The molecule has 1 unspecified atom stereocenters. The molecule has 3 N–H and O–H groups in total. The molecule has 0 saturated carbocycles. The molecule has 4 heteroatoms. The summed E-state index contributed by atoms with van der Waals surface area (Å²) in [5, 5.41) is 3.41. The van der Waals surface area contributed by atoms with E-state index in [4.69, 9.17) is 15.2 Å². The molecule has 0 aliphatic rings. The highest BCUT2D eigenvalue weighted by Gasteiger charge is 2.13. The highest BCUT2D eigenvalue weighted by molar-refractivity contribution is 5.62. The molecule has 1 aromatic carbocycles. The van der Waals surface area contributed by atoms with Crippen molar-refractivity contribution in [2.24, 2.45) is 17.6 Å². The lowest BCUT2D eigenvalue weighted by molar-refractivity contribution is 0.397. The van der Waals surface area contributed by atoms with Gasteiger partial charge in [-0.1, -0.05) is 13.8 Å². The van der Waals surface area contributed by atoms with E-state index in [0.29, 0.717) is 18.4 Å². The lowest BCUT2D eigenvalue weighted by Crippen LogP contribution is -2.27. The Morgan fingerprint density at radius 1 is 1.16 bits per heavy atom. The van der Waals surface area contributed by atoms with Crippen molar-refractivity contribution < 1.29 is 9.47 Å². The second-order valence-electron chi connectivity index (χ2n) is 5.14. The molecule has 1 rings (SSSR count). The van der Waals surface area contributed by atoms with Crippen LogP contribution in [0.5, 0.6) is 11.5 Å². The maximum absolute atomic E-state index is 5.79. The van der Waals surface area contributed by atoms with E-state index in [9.17, 15) is 0 Å². The first-order chi connectivity index (χ1) is 9.03. The van der Waals surface area contributed by atoms with Crippen LogP contribution in [0.25, 0.3) is 0 Å². The quantitative estimate of drug-likeness (QED) is 0.796. The summed E-state index contributed by atoms with van der Waals surface area (Å²) in [4.78, 5) is 0. The van der Waals surface area contributed by atoms with E-state index in [2.05, 4.69) is 19.2 Å². The smallest absolute Gasteiger partial charge is 0.142 e. The van der Waals surface area contributed by atoms with Crippen LogP contribution in [0.15, 0.2) is 12.1 Å². The maximum atomic E-state index is 5.79. The fraction of sp³-hybridized carbons (Fsp3) is 0.600. The summed E-state index contributed by atoms with van der Waals surface area (Å²) in [6.45, 7) is 7.88. The number of nitrogens with two attached hydrogens (primary N) is 1. The van der Waals surface area contributed by atoms with Crippen LogP contribution >= 0.6 is 0 Å². The Kier molecular flexibility index (Phi) is 5.96. The van der Waals surface area contributed by atoms with Gasteiger partial charge in [-0.2, -0.15) is 0 Å². The maximum Gasteiger partial charge on any atom is 0.142 e. The van der Waals surface area contributed by atoms with Gasteiger partial charge in [-0.25, -0.2) is 0 Å². The summed E-state index contributed by atoms with van der Waals surface area (Å²) in [6.07, 6.45) is 0. The monoisotopic (exact) mass is 266 g/mol. The first kappa shape index (κ1) is 15.6. The van der Waals surface area contributed by atoms with Crippen LogP contribution < -0.4 is 20.5 Å². The number of aryl methyl sites for hydroxylation is 1. The predicted octanol–water partition coefficient (Wildman–Crippen LogP) is 2.66. The molecule has 0 radical (unpaired) electrons. The Bertz CT molecular complexity index is 405. The minimum absolute atomic E-state index is 0.442. The molecule has 0 fully saturated rings. The Morgan fingerprint density at radius 3 is 2.26 bits per heavy atom. The van der Waals surface area contributed by atoms with Crippen LogP contribution in [-0.4, -0.2) is 27.3 Å². The van der Waals surface area contributed by atoms with Gasteiger partial charge in [0.05, 0.1) is 19.9 Å². The number of benzene rings is 1. The largest absolute Gasteiger partial charge is 0.496 e. The van der Waals surface area contributed by atoms with Gasteiger partial charge >= 0.3 is 0 Å². The molecule has 0 aliphatic heterocycles. The van der Waals surface area contributed by atoms with Crippen molar-refractivity contribution >= 4 is 5.69 Å². The van der Waals surface area contributed by atoms with Gasteiger partial charge in [-0.05, 0) is 36.9 Å². The van der Waals surface area contributed by atoms with E-state index in [1.54, 1.807) is 14.2 Å². The van der Waals surface area contributed by atoms with E-state index >= 15 is 0 Å². The zero-order chi connectivity index (χ0) is 14.4. The lowest BCUT2D eigenvalue weighted by Gasteiger charge is -2.21. The van der Waals surface area contributed by atoms with Gasteiger partial charge in [0.25, 0.3) is 0 Å². The molecule has 0 heterocycles. The van der Waals surface area contributed by atoms with Crippen molar-refractivity contribution in [3.8, 4) is 11.5 Å². The number of nitrogens with one attached hydrogen (secondary N) is 1. The molecule has 1 atom stereocenters. The van der Waals surface area contributed by atoms with Gasteiger partial charge in [-0.3, -0.25) is 0 Å². The average Bonchev–Trinajstić information content (AvgIpc) is 2.39. The number of hydrogen-bond acceptors (Lipinski definition) is 4. The van der Waals surface area contributed by atoms with Crippen molar-refractivity contribution in [3.63, 3.8) is 0 Å². The number of anilines is 1. The van der Waals surface area contributed by atoms with Gasteiger partial charge in [-0.15, -0.1) is 0 Å². The molecular weight excluding hydrogens is 240 g/mol. The summed E-state index contributed by atoms with van der Waals surface area (Å²) in [6, 6.07) is 3.95. The van der Waals surface area contributed by atoms with E-state index in [0.717, 1.165) is 29.3 Å². The van der Waals surface area contributed by atoms with E-state index in [1.165, 1.54) is 0 Å². The molecule has 1 aromatic rings. The third kappa shape index (κ3) is 4.03. The fourth-order valence-corrected chi connectivity index (χ4v) is 2.02. The minimum Gasteiger partial charge on any atom is -0.496 e. The highest BCUT2D eigenvalue weighted by atomic mass is 16.5. The summed E-state index contributed by atoms with van der Waals surface area (Å²) < 4.78 is 10.7. The summed E-state index contributed by atoms with van der Waals surface area (Å²) >= 11 is 0. The van der Waals surface area contributed by atoms with Crippen LogP contribution in [-0.2, 0) is 0 Å². The second kappa shape index (κ2) is 7.24. The first-order valence-electron chi connectivity index (χ1n) is 6.70. The van der Waals surface area contributed by atoms with Crippen LogP contribution in [0.2, 0.25) is 0 Å². The third-order valence-corrected chi connectivity index (χ3v) is 3.52. The van der Waals surface area contributed by atoms with Crippen molar-refractivity contribution in [2.45, 2.75) is 20.8 Å². The topological polar surface area (TPSA) is 56.5 Å². The Morgan fingerprint density at radius 2 is 1.79 bits per heavy atom. The molecule has 0 bridgehead atoms. The molecular formula is C15H26N2O2. The molecule has 0 amide bonds. The van der Waals surface area contributed by atoms with Crippen LogP contribution in [0.1, 0.15) is 19.4 Å². The number of methoxy groups -OCH3 is 2. The molecule has 0 saturated heterocycles. The second-order valence-corrected chi connectivity index (χ2v) is 5.14. The average molecular weight is 266 g/mol. The number of rotatable bonds is 7. The SMILES string of the molecule is COc1cc(NCC(CN)C(C)C)c(OC)cc1C. The zero-order valence-electron chi connectivity index (χ0n) is 12.6. The van der Waals surface area contributed by atoms with Gasteiger partial charge in [0.2, 0.25) is 0 Å². The molecule has 19 heavy (non-hydrogen) atoms. The van der Waals surface area contributed by atoms with Gasteiger partial charge in [0.1, 0.15) is 11.5 Å². The van der Waals surface area contributed by atoms with E-state index in [1.807, 2.05) is 19.1 Å². The normalized spacial score (nSPS) is 12.4. The minimum atomic E-state index is 0.442. The molecule has 108 valence electrons. The van der Waals surface area contributed by atoms with Gasteiger partial charge < -0.3 is 20.5 Å². The summed E-state index contributed by atoms with van der Waals surface area (Å²) in [7, 11) is 3.35. The van der Waals surface area contributed by atoms with Crippen LogP contribution in [0.3, 0.4) is 0 Å². The fourth-order valence-electron chi connectivity index (χ4n) is 2.02. The third-order valence-electron chi connectivity index (χ3n) is 3.52. The zero-order valence-corrected chi connectivity index (χ0v) is 12.6. The van der Waals surface area contributed by atoms with Gasteiger partial charge in [0, 0.05) is 12.6 Å². The van der Waals surface area contributed by atoms with Crippen molar-refractivity contribution in [3.05, 3.63) is 17.7 Å². The Balaban J connectivity index is 2.87. The van der Waals surface area contributed by atoms with Crippen LogP contribution in [0, 0.1) is 18.8 Å². The number of ether oxygens (including phenoxy) is 2. The van der Waals surface area contributed by atoms with Crippen molar-refractivity contribution in [2.75, 3.05) is 32.6 Å². The van der Waals surface area contributed by atoms with E-state index < -0.39 is 0 Å². The Hall–Kier alpha value is -1.42. The van der Waals surface area contributed by atoms with Crippen molar-refractivity contribution in [1.29, 1.82) is 0 Å². The standard InChI is InChI=1S/C15H26N2O2/c1-10(2)12(8-16)9-17-13-7-14(18-4)11(3)6-15(13)19-5/h6-7,10,12,17H,8-9,16H2,1-5H3. The summed E-state index contributed by atoms with van der Waals surface area (Å²) in [5.41, 5.74) is 7.80. The van der Waals surface area contributed by atoms with Crippen molar-refractivity contribution in [1.82, 2.24) is 0 Å². The molecule has 0 aliphatic carbocycles. The predicted molar refractivity (Wildman–Crippen MR) is 80.2 cm³/mol. The molecule has 0 aromatic heterocycles. The first-order valence-corrected chi connectivity index (χ1v) is 6.70. The number of hydrogen-bond donors (Lipinski definition) is 2. The van der Waals surface area contributed by atoms with Gasteiger partial charge in [0.15, 0.2) is 0 Å². The Labute approximate surface area is 116 Å². The van der Waals surface area contributed by atoms with E-state index in [-0.39, 0.29) is 0 Å². The van der Waals surface area contributed by atoms with Crippen LogP contribution in [0.4, 0.5) is 5.69 Å². The summed E-state index contributed by atoms with van der Waals surface area (Å²) in [5.74, 6) is 2.68.